The molecule has 0 aliphatic heterocycles. The largest absolute Gasteiger partial charge is 0.491 e. The second-order valence-electron chi connectivity index (χ2n) is 4.67. The average Bonchev–Trinajstić information content (AvgIpc) is 2.40. The fourth-order valence-electron chi connectivity index (χ4n) is 1.69. The first-order valence-electron chi connectivity index (χ1n) is 6.35. The van der Waals surface area contributed by atoms with Crippen LogP contribution < -0.4 is 14.9 Å². The fraction of sp³-hybridized carbons (Fsp3) is 0.214. The molecule has 1 heterocycles. The predicted octanol–water partition coefficient (Wildman–Crippen LogP) is 1.96. The molecule has 0 saturated heterocycles. The molecule has 7 heteroatoms. The van der Waals surface area contributed by atoms with Gasteiger partial charge in [-0.2, -0.15) is 0 Å². The number of aromatic nitrogens is 1. The van der Waals surface area contributed by atoms with Crippen molar-refractivity contribution in [1.82, 2.24) is 4.98 Å². The van der Waals surface area contributed by atoms with Crippen molar-refractivity contribution in [1.29, 1.82) is 0 Å². The number of anilines is 1. The standard InChI is InChI=1S/C14H16N2O4S/c1-10(2)20-12-5-3-11(4-6-12)16-21(18,19)14-9-15-8-7-13(14)17/h3-10,16H,1-2H3,(H,15,17). The molecule has 1 aromatic carbocycles. The van der Waals surface area contributed by atoms with E-state index in [0.717, 1.165) is 12.3 Å². The number of pyridine rings is 1. The van der Waals surface area contributed by atoms with Crippen LogP contribution in [-0.2, 0) is 10.0 Å². The molecule has 0 bridgehead atoms. The van der Waals surface area contributed by atoms with Crippen LogP contribution >= 0.6 is 0 Å². The monoisotopic (exact) mass is 308 g/mol. The summed E-state index contributed by atoms with van der Waals surface area (Å²) in [6.07, 6.45) is 2.57. The number of ether oxygens (including phenoxy) is 1. The maximum Gasteiger partial charge on any atom is 0.267 e. The summed E-state index contributed by atoms with van der Waals surface area (Å²) < 4.78 is 32.1. The van der Waals surface area contributed by atoms with Gasteiger partial charge < -0.3 is 9.72 Å². The number of sulfonamides is 1. The van der Waals surface area contributed by atoms with Gasteiger partial charge in [-0.25, -0.2) is 8.42 Å². The molecule has 2 N–H and O–H groups in total. The third-order valence-electron chi connectivity index (χ3n) is 2.56. The second-order valence-corrected chi connectivity index (χ2v) is 6.32. The van der Waals surface area contributed by atoms with Crippen LogP contribution in [0.4, 0.5) is 5.69 Å². The van der Waals surface area contributed by atoms with E-state index >= 15 is 0 Å². The molecular weight excluding hydrogens is 292 g/mol. The van der Waals surface area contributed by atoms with E-state index in [1.807, 2.05) is 13.8 Å². The van der Waals surface area contributed by atoms with E-state index in [1.165, 1.54) is 6.20 Å². The highest BCUT2D eigenvalue weighted by atomic mass is 32.2. The van der Waals surface area contributed by atoms with Crippen LogP contribution in [0.25, 0.3) is 0 Å². The van der Waals surface area contributed by atoms with E-state index in [9.17, 15) is 13.2 Å². The summed E-state index contributed by atoms with van der Waals surface area (Å²) in [7, 11) is -3.91. The summed E-state index contributed by atoms with van der Waals surface area (Å²) in [5.41, 5.74) is -0.213. The van der Waals surface area contributed by atoms with Crippen LogP contribution in [0.2, 0.25) is 0 Å². The van der Waals surface area contributed by atoms with Crippen LogP contribution in [0.15, 0.2) is 52.4 Å². The van der Waals surface area contributed by atoms with E-state index in [-0.39, 0.29) is 11.0 Å². The first kappa shape index (κ1) is 15.1. The highest BCUT2D eigenvalue weighted by Gasteiger charge is 2.17. The van der Waals surface area contributed by atoms with E-state index in [1.54, 1.807) is 24.3 Å². The Hall–Kier alpha value is -2.28. The van der Waals surface area contributed by atoms with Gasteiger partial charge >= 0.3 is 0 Å². The van der Waals surface area contributed by atoms with Gasteiger partial charge in [0, 0.05) is 24.1 Å². The number of benzene rings is 1. The Morgan fingerprint density at radius 1 is 1.14 bits per heavy atom. The normalized spacial score (nSPS) is 11.4. The third-order valence-corrected chi connectivity index (χ3v) is 3.96. The highest BCUT2D eigenvalue weighted by molar-refractivity contribution is 7.92. The zero-order valence-corrected chi connectivity index (χ0v) is 12.5. The van der Waals surface area contributed by atoms with Crippen LogP contribution in [-0.4, -0.2) is 19.5 Å². The predicted molar refractivity (Wildman–Crippen MR) is 80.1 cm³/mol. The molecule has 112 valence electrons. The van der Waals surface area contributed by atoms with E-state index in [0.29, 0.717) is 11.4 Å². The Balaban J connectivity index is 2.21. The van der Waals surface area contributed by atoms with E-state index in [4.69, 9.17) is 4.74 Å². The Morgan fingerprint density at radius 2 is 1.81 bits per heavy atom. The highest BCUT2D eigenvalue weighted by Crippen LogP contribution is 2.19. The molecular formula is C14H16N2O4S. The summed E-state index contributed by atoms with van der Waals surface area (Å²) in [6.45, 7) is 3.80. The zero-order valence-electron chi connectivity index (χ0n) is 11.7. The second kappa shape index (κ2) is 6.01. The zero-order chi connectivity index (χ0) is 15.5. The number of rotatable bonds is 5. The topological polar surface area (TPSA) is 88.3 Å². The average molecular weight is 308 g/mol. The minimum Gasteiger partial charge on any atom is -0.491 e. The van der Waals surface area contributed by atoms with Gasteiger partial charge in [0.1, 0.15) is 5.75 Å². The van der Waals surface area contributed by atoms with Crippen molar-refractivity contribution in [2.24, 2.45) is 0 Å². The molecule has 1 aromatic heterocycles. The lowest BCUT2D eigenvalue weighted by Gasteiger charge is -2.11. The lowest BCUT2D eigenvalue weighted by atomic mass is 10.3. The summed E-state index contributed by atoms with van der Waals surface area (Å²) in [6, 6.07) is 7.63. The minimum atomic E-state index is -3.91. The van der Waals surface area contributed by atoms with Gasteiger partial charge in [-0.3, -0.25) is 9.52 Å². The molecule has 0 aliphatic carbocycles. The van der Waals surface area contributed by atoms with Crippen LogP contribution in [0.5, 0.6) is 5.75 Å². The minimum absolute atomic E-state index is 0.0374. The molecule has 0 spiro atoms. The van der Waals surface area contributed by atoms with Crippen molar-refractivity contribution in [2.45, 2.75) is 24.8 Å². The van der Waals surface area contributed by atoms with Gasteiger partial charge in [0.05, 0.1) is 6.10 Å². The quantitative estimate of drug-likeness (QED) is 0.884. The Labute approximate surface area is 122 Å². The molecule has 2 aromatic rings. The molecule has 0 aliphatic rings. The third kappa shape index (κ3) is 3.85. The maximum atomic E-state index is 12.1. The molecule has 21 heavy (non-hydrogen) atoms. The van der Waals surface area contributed by atoms with E-state index in [2.05, 4.69) is 9.71 Å². The number of hydrogen-bond acceptors (Lipinski definition) is 4. The fourth-order valence-corrected chi connectivity index (χ4v) is 2.81. The van der Waals surface area contributed by atoms with Gasteiger partial charge in [0.25, 0.3) is 10.0 Å². The van der Waals surface area contributed by atoms with Crippen molar-refractivity contribution < 1.29 is 13.2 Å². The number of H-pyrrole nitrogens is 1. The molecule has 0 unspecified atom stereocenters. The summed E-state index contributed by atoms with van der Waals surface area (Å²) in [4.78, 5) is 13.8. The number of nitrogens with one attached hydrogen (secondary N) is 2. The van der Waals surface area contributed by atoms with Gasteiger partial charge in [0.15, 0.2) is 4.90 Å². The van der Waals surface area contributed by atoms with Crippen molar-refractivity contribution >= 4 is 15.7 Å². The molecule has 0 amide bonds. The van der Waals surface area contributed by atoms with Crippen molar-refractivity contribution in [3.05, 3.63) is 52.9 Å². The van der Waals surface area contributed by atoms with Crippen LogP contribution in [0.1, 0.15) is 13.8 Å². The van der Waals surface area contributed by atoms with Crippen molar-refractivity contribution in [3.8, 4) is 5.75 Å². The lowest BCUT2D eigenvalue weighted by Crippen LogP contribution is -2.20. The Kier molecular flexibility index (Phi) is 4.32. The number of aromatic amines is 1. The number of hydrogen-bond donors (Lipinski definition) is 2. The first-order chi connectivity index (χ1) is 9.88. The molecule has 0 fully saturated rings. The Morgan fingerprint density at radius 3 is 2.38 bits per heavy atom. The summed E-state index contributed by atoms with van der Waals surface area (Å²) >= 11 is 0. The van der Waals surface area contributed by atoms with Gasteiger partial charge in [-0.15, -0.1) is 0 Å². The van der Waals surface area contributed by atoms with E-state index < -0.39 is 15.5 Å². The van der Waals surface area contributed by atoms with Crippen LogP contribution in [0, 0.1) is 0 Å². The first-order valence-corrected chi connectivity index (χ1v) is 7.83. The lowest BCUT2D eigenvalue weighted by molar-refractivity contribution is 0.242. The summed E-state index contributed by atoms with van der Waals surface area (Å²) in [5.74, 6) is 0.644. The van der Waals surface area contributed by atoms with Gasteiger partial charge in [0.2, 0.25) is 5.43 Å². The molecule has 2 rings (SSSR count). The SMILES string of the molecule is CC(C)Oc1ccc(NS(=O)(=O)c2c[nH]ccc2=O)cc1. The summed E-state index contributed by atoms with van der Waals surface area (Å²) in [5, 5.41) is 0. The molecule has 6 nitrogen and oxygen atoms in total. The Bertz CT molecular complexity index is 764. The van der Waals surface area contributed by atoms with Gasteiger partial charge in [-0.1, -0.05) is 0 Å². The maximum absolute atomic E-state index is 12.1. The van der Waals surface area contributed by atoms with Gasteiger partial charge in [-0.05, 0) is 38.1 Å². The smallest absolute Gasteiger partial charge is 0.267 e. The molecule has 0 saturated carbocycles. The molecule has 0 radical (unpaired) electrons. The van der Waals surface area contributed by atoms with Crippen molar-refractivity contribution in [3.63, 3.8) is 0 Å². The molecule has 0 atom stereocenters. The van der Waals surface area contributed by atoms with Crippen molar-refractivity contribution in [2.75, 3.05) is 4.72 Å². The van der Waals surface area contributed by atoms with Crippen LogP contribution in [0.3, 0.4) is 0 Å².